The molecule has 0 aromatic carbocycles. The van der Waals surface area contributed by atoms with Crippen LogP contribution >= 0.6 is 0 Å². The van der Waals surface area contributed by atoms with Gasteiger partial charge in [-0.2, -0.15) is 0 Å². The molecule has 0 amide bonds. The number of hydrogen-bond acceptors (Lipinski definition) is 3. The van der Waals surface area contributed by atoms with Gasteiger partial charge in [0.05, 0.1) is 6.61 Å². The highest BCUT2D eigenvalue weighted by Crippen LogP contribution is 1.98. The van der Waals surface area contributed by atoms with Gasteiger partial charge in [-0.15, -0.1) is 0 Å². The average Bonchev–Trinajstić information content (AvgIpc) is 2.34. The SMILES string of the molecule is [OH2+]CCO[Si-]1OCCO1. The van der Waals surface area contributed by atoms with Crippen molar-refractivity contribution >= 4 is 9.53 Å². The smallest absolute Gasteiger partial charge is 0.215 e. The summed E-state index contributed by atoms with van der Waals surface area (Å²) in [5.41, 5.74) is 0. The van der Waals surface area contributed by atoms with E-state index in [0.29, 0.717) is 19.8 Å². The van der Waals surface area contributed by atoms with Crippen LogP contribution in [0.4, 0.5) is 0 Å². The largest absolute Gasteiger partial charge is 0.540 e. The molecule has 9 heavy (non-hydrogen) atoms. The van der Waals surface area contributed by atoms with Crippen molar-refractivity contribution in [2.75, 3.05) is 26.4 Å². The van der Waals surface area contributed by atoms with Crippen LogP contribution < -0.4 is 0 Å². The predicted molar refractivity (Wildman–Crippen MR) is 32.1 cm³/mol. The fraction of sp³-hybridized carbons (Fsp3) is 1.00. The molecule has 1 fully saturated rings. The van der Waals surface area contributed by atoms with E-state index >= 15 is 0 Å². The fourth-order valence-electron chi connectivity index (χ4n) is 0.509. The third kappa shape index (κ3) is 2.42. The molecule has 1 aliphatic heterocycles. The third-order valence-corrected chi connectivity index (χ3v) is 2.16. The Morgan fingerprint density at radius 1 is 1.44 bits per heavy atom. The van der Waals surface area contributed by atoms with Crippen molar-refractivity contribution in [3.8, 4) is 0 Å². The first-order valence-corrected chi connectivity index (χ1v) is 4.06. The molecular formula is C4H10O4Si. The van der Waals surface area contributed by atoms with E-state index in [-0.39, 0.29) is 6.61 Å². The molecule has 0 radical (unpaired) electrons. The van der Waals surface area contributed by atoms with Gasteiger partial charge >= 0.3 is 0 Å². The second-order valence-electron chi connectivity index (χ2n) is 1.55. The van der Waals surface area contributed by atoms with Crippen LogP contribution in [-0.4, -0.2) is 41.1 Å². The highest BCUT2D eigenvalue weighted by molar-refractivity contribution is 6.36. The Labute approximate surface area is 55.3 Å². The second-order valence-corrected chi connectivity index (χ2v) is 2.91. The van der Waals surface area contributed by atoms with Gasteiger partial charge in [-0.3, -0.25) is 0 Å². The van der Waals surface area contributed by atoms with Crippen molar-refractivity contribution in [2.24, 2.45) is 0 Å². The van der Waals surface area contributed by atoms with Crippen LogP contribution in [0.3, 0.4) is 0 Å². The quantitative estimate of drug-likeness (QED) is 0.373. The van der Waals surface area contributed by atoms with Crippen molar-refractivity contribution in [1.29, 1.82) is 0 Å². The molecule has 0 spiro atoms. The first-order valence-electron chi connectivity index (χ1n) is 2.83. The van der Waals surface area contributed by atoms with Gasteiger partial charge in [0.2, 0.25) is 9.53 Å². The lowest BCUT2D eigenvalue weighted by atomic mass is 10.8. The van der Waals surface area contributed by atoms with E-state index in [1.165, 1.54) is 0 Å². The molecule has 0 aromatic rings. The van der Waals surface area contributed by atoms with E-state index in [4.69, 9.17) is 18.4 Å². The van der Waals surface area contributed by atoms with Crippen molar-refractivity contribution in [2.45, 2.75) is 0 Å². The lowest BCUT2D eigenvalue weighted by molar-refractivity contribution is 0.137. The molecule has 0 atom stereocenters. The molecule has 1 aliphatic rings. The van der Waals surface area contributed by atoms with Gasteiger partial charge in [0, 0.05) is 13.2 Å². The molecule has 2 N–H and O–H groups in total. The Balaban J connectivity index is 1.98. The zero-order valence-electron chi connectivity index (χ0n) is 5.05. The second kappa shape index (κ2) is 3.97. The standard InChI is InChI=1S/C4H9O4Si/c5-1-2-6-9-7-3-4-8-9/h5H,1-4H2/q-1/p+1. The molecule has 0 unspecified atom stereocenters. The highest BCUT2D eigenvalue weighted by atomic mass is 28.3. The molecule has 1 saturated heterocycles. The van der Waals surface area contributed by atoms with Crippen LogP contribution in [0, 0.1) is 0 Å². The molecule has 5 heteroatoms. The van der Waals surface area contributed by atoms with Gasteiger partial charge in [0.1, 0.15) is 0 Å². The van der Waals surface area contributed by atoms with E-state index in [1.54, 1.807) is 0 Å². The van der Waals surface area contributed by atoms with Crippen LogP contribution in [0.2, 0.25) is 0 Å². The van der Waals surface area contributed by atoms with Gasteiger partial charge in [0.15, 0.2) is 6.61 Å². The van der Waals surface area contributed by atoms with Gasteiger partial charge < -0.3 is 18.4 Å². The van der Waals surface area contributed by atoms with E-state index in [1.807, 2.05) is 0 Å². The van der Waals surface area contributed by atoms with Crippen molar-refractivity contribution in [3.63, 3.8) is 0 Å². The minimum atomic E-state index is -1.39. The predicted octanol–water partition coefficient (Wildman–Crippen LogP) is -1.24. The van der Waals surface area contributed by atoms with Crippen LogP contribution in [0.15, 0.2) is 0 Å². The maximum atomic E-state index is 6.75. The van der Waals surface area contributed by atoms with Crippen molar-refractivity contribution < 1.29 is 18.4 Å². The number of rotatable bonds is 3. The Bertz CT molecular complexity index is 73.0. The van der Waals surface area contributed by atoms with Crippen LogP contribution in [0.1, 0.15) is 0 Å². The average molecular weight is 150 g/mol. The first kappa shape index (κ1) is 7.17. The Morgan fingerprint density at radius 2 is 2.11 bits per heavy atom. The van der Waals surface area contributed by atoms with Crippen LogP contribution in [-0.2, 0) is 13.3 Å². The minimum absolute atomic E-state index is 0.279. The monoisotopic (exact) mass is 150 g/mol. The number of hydrogen-bond donors (Lipinski definition) is 0. The molecule has 0 aromatic heterocycles. The summed E-state index contributed by atoms with van der Waals surface area (Å²) in [6, 6.07) is 0. The molecule has 0 saturated carbocycles. The van der Waals surface area contributed by atoms with Crippen molar-refractivity contribution in [3.05, 3.63) is 0 Å². The first-order chi connectivity index (χ1) is 4.43. The lowest BCUT2D eigenvalue weighted by Crippen LogP contribution is -2.21. The van der Waals surface area contributed by atoms with Gasteiger partial charge in [-0.1, -0.05) is 0 Å². The molecule has 0 aliphatic carbocycles. The molecular weight excluding hydrogens is 140 g/mol. The van der Waals surface area contributed by atoms with Crippen LogP contribution in [0.25, 0.3) is 0 Å². The molecule has 1 rings (SSSR count). The van der Waals surface area contributed by atoms with E-state index < -0.39 is 9.53 Å². The summed E-state index contributed by atoms with van der Waals surface area (Å²) < 4.78 is 15.1. The van der Waals surface area contributed by atoms with Gasteiger partial charge in [-0.25, -0.2) is 0 Å². The summed E-state index contributed by atoms with van der Waals surface area (Å²) in [5.74, 6) is 0. The summed E-state index contributed by atoms with van der Waals surface area (Å²) in [4.78, 5) is 0. The Hall–Kier alpha value is 0.0569. The zero-order valence-corrected chi connectivity index (χ0v) is 6.05. The maximum Gasteiger partial charge on any atom is 0.215 e. The summed E-state index contributed by atoms with van der Waals surface area (Å²) >= 11 is 0. The van der Waals surface area contributed by atoms with E-state index in [0.717, 1.165) is 0 Å². The highest BCUT2D eigenvalue weighted by Gasteiger charge is 2.04. The summed E-state index contributed by atoms with van der Waals surface area (Å²) in [5, 5.41) is 6.75. The third-order valence-electron chi connectivity index (χ3n) is 0.845. The Morgan fingerprint density at radius 3 is 2.67 bits per heavy atom. The topological polar surface area (TPSA) is 50.6 Å². The minimum Gasteiger partial charge on any atom is -0.540 e. The normalized spacial score (nSPS) is 21.0. The van der Waals surface area contributed by atoms with Gasteiger partial charge in [0.25, 0.3) is 0 Å². The summed E-state index contributed by atoms with van der Waals surface area (Å²) in [6.07, 6.45) is 0. The van der Waals surface area contributed by atoms with Gasteiger partial charge in [-0.05, 0) is 0 Å². The molecule has 1 heterocycles. The zero-order chi connectivity index (χ0) is 6.53. The fourth-order valence-corrected chi connectivity index (χ4v) is 1.53. The van der Waals surface area contributed by atoms with Crippen molar-refractivity contribution in [1.82, 2.24) is 0 Å². The summed E-state index contributed by atoms with van der Waals surface area (Å²) in [7, 11) is -1.39. The lowest BCUT2D eigenvalue weighted by Gasteiger charge is -2.20. The molecule has 0 bridgehead atoms. The molecule has 4 nitrogen and oxygen atoms in total. The van der Waals surface area contributed by atoms with E-state index in [2.05, 4.69) is 0 Å². The maximum absolute atomic E-state index is 6.75. The van der Waals surface area contributed by atoms with E-state index in [9.17, 15) is 0 Å². The Kier molecular flexibility index (Phi) is 3.16. The van der Waals surface area contributed by atoms with Crippen LogP contribution in [0.5, 0.6) is 0 Å². The summed E-state index contributed by atoms with van der Waals surface area (Å²) in [6.45, 7) is 1.99. The molecule has 54 valence electrons.